The quantitative estimate of drug-likeness (QED) is 0.612. The molecule has 1 heterocycles. The number of aryl methyl sites for hydroxylation is 1. The van der Waals surface area contributed by atoms with Gasteiger partial charge in [-0.15, -0.1) is 0 Å². The summed E-state index contributed by atoms with van der Waals surface area (Å²) in [4.78, 5) is 7.97. The molecular weight excluding hydrogens is 338 g/mol. The summed E-state index contributed by atoms with van der Waals surface area (Å²) in [6.45, 7) is 1.84. The Morgan fingerprint density at radius 3 is 2.69 bits per heavy atom. The number of ether oxygens (including phenoxy) is 1. The highest BCUT2D eigenvalue weighted by Gasteiger charge is 2.04. The Kier molecular flexibility index (Phi) is 3.60. The van der Waals surface area contributed by atoms with Crippen LogP contribution in [-0.2, 0) is 0 Å². The predicted molar refractivity (Wildman–Crippen MR) is 71.0 cm³/mol. The minimum atomic E-state index is 0.195. The van der Waals surface area contributed by atoms with Gasteiger partial charge in [0.25, 0.3) is 0 Å². The fraction of sp³-hybridized carbons (Fsp3) is 0.0909. The maximum Gasteiger partial charge on any atom is 0.225 e. The topological polar surface area (TPSA) is 35.0 Å². The minimum Gasteiger partial charge on any atom is -0.438 e. The molecule has 0 atom stereocenters. The van der Waals surface area contributed by atoms with Gasteiger partial charge in [-0.05, 0) is 53.2 Å². The summed E-state index contributed by atoms with van der Waals surface area (Å²) in [7, 11) is 0. The Labute approximate surface area is 112 Å². The summed E-state index contributed by atoms with van der Waals surface area (Å²) in [5.74, 6) is 1.22. The van der Waals surface area contributed by atoms with Crippen molar-refractivity contribution in [3.05, 3.63) is 44.9 Å². The van der Waals surface area contributed by atoms with E-state index in [1.54, 1.807) is 6.07 Å². The Hall–Kier alpha value is -0.880. The van der Waals surface area contributed by atoms with E-state index < -0.39 is 0 Å². The van der Waals surface area contributed by atoms with Gasteiger partial charge in [0.2, 0.25) is 11.2 Å². The summed E-state index contributed by atoms with van der Waals surface area (Å²) >= 11 is 7.96. The van der Waals surface area contributed by atoms with Gasteiger partial charge in [0, 0.05) is 11.8 Å². The zero-order valence-corrected chi connectivity index (χ0v) is 11.4. The van der Waals surface area contributed by atoms with Crippen molar-refractivity contribution in [2.75, 3.05) is 0 Å². The molecule has 82 valence electrons. The summed E-state index contributed by atoms with van der Waals surface area (Å²) in [6.07, 6.45) is 0. The van der Waals surface area contributed by atoms with Crippen LogP contribution in [0.25, 0.3) is 0 Å². The molecule has 0 bridgehead atoms. The highest BCUT2D eigenvalue weighted by molar-refractivity contribution is 14.1. The van der Waals surface area contributed by atoms with E-state index in [0.717, 1.165) is 15.0 Å². The zero-order chi connectivity index (χ0) is 11.5. The lowest BCUT2D eigenvalue weighted by Gasteiger charge is -2.06. The minimum absolute atomic E-state index is 0.195. The van der Waals surface area contributed by atoms with Crippen LogP contribution < -0.4 is 4.74 Å². The highest BCUT2D eigenvalue weighted by atomic mass is 127. The number of para-hydroxylation sites is 1. The fourth-order valence-corrected chi connectivity index (χ4v) is 1.91. The molecule has 0 saturated carbocycles. The number of rotatable bonds is 2. The molecule has 0 aliphatic rings. The lowest BCUT2D eigenvalue weighted by Crippen LogP contribution is -1.93. The number of halogens is 2. The van der Waals surface area contributed by atoms with Gasteiger partial charge in [-0.1, -0.05) is 12.1 Å². The Balaban J connectivity index is 2.30. The second-order valence-electron chi connectivity index (χ2n) is 3.15. The molecule has 0 aliphatic carbocycles. The lowest BCUT2D eigenvalue weighted by molar-refractivity contribution is 0.458. The van der Waals surface area contributed by atoms with E-state index in [4.69, 9.17) is 16.3 Å². The highest BCUT2D eigenvalue weighted by Crippen LogP contribution is 2.25. The molecule has 5 heteroatoms. The first kappa shape index (κ1) is 11.6. The van der Waals surface area contributed by atoms with E-state index >= 15 is 0 Å². The summed E-state index contributed by atoms with van der Waals surface area (Å²) in [5, 5.41) is 0.195. The van der Waals surface area contributed by atoms with Crippen LogP contribution >= 0.6 is 34.2 Å². The van der Waals surface area contributed by atoms with Crippen LogP contribution in [0.3, 0.4) is 0 Å². The van der Waals surface area contributed by atoms with Crippen molar-refractivity contribution in [2.45, 2.75) is 6.92 Å². The normalized spacial score (nSPS) is 10.2. The third-order valence-corrected chi connectivity index (χ3v) is 2.91. The van der Waals surface area contributed by atoms with Crippen LogP contribution in [0.15, 0.2) is 30.3 Å². The van der Waals surface area contributed by atoms with E-state index in [2.05, 4.69) is 32.6 Å². The van der Waals surface area contributed by atoms with Gasteiger partial charge in [0.1, 0.15) is 5.75 Å². The zero-order valence-electron chi connectivity index (χ0n) is 8.45. The molecule has 1 aromatic heterocycles. The first-order chi connectivity index (χ1) is 7.65. The first-order valence-electron chi connectivity index (χ1n) is 4.59. The van der Waals surface area contributed by atoms with E-state index in [9.17, 15) is 0 Å². The van der Waals surface area contributed by atoms with Gasteiger partial charge in [-0.3, -0.25) is 0 Å². The Morgan fingerprint density at radius 2 is 2.00 bits per heavy atom. The smallest absolute Gasteiger partial charge is 0.225 e. The SMILES string of the molecule is Cc1cc(Oc2ccccc2I)nc(Cl)n1. The monoisotopic (exact) mass is 346 g/mol. The van der Waals surface area contributed by atoms with Crippen LogP contribution in [0.5, 0.6) is 11.6 Å². The molecule has 16 heavy (non-hydrogen) atoms. The van der Waals surface area contributed by atoms with E-state index in [0.29, 0.717) is 5.88 Å². The van der Waals surface area contributed by atoms with E-state index in [-0.39, 0.29) is 5.28 Å². The average molecular weight is 347 g/mol. The predicted octanol–water partition coefficient (Wildman–Crippen LogP) is 3.84. The molecule has 1 aromatic carbocycles. The molecule has 0 aliphatic heterocycles. The molecule has 0 saturated heterocycles. The van der Waals surface area contributed by atoms with Crippen molar-refractivity contribution in [1.82, 2.24) is 9.97 Å². The van der Waals surface area contributed by atoms with Crippen molar-refractivity contribution in [3.63, 3.8) is 0 Å². The van der Waals surface area contributed by atoms with Crippen LogP contribution in [0, 0.1) is 10.5 Å². The molecule has 0 fully saturated rings. The van der Waals surface area contributed by atoms with Crippen molar-refractivity contribution >= 4 is 34.2 Å². The molecule has 0 unspecified atom stereocenters. The molecule has 2 aromatic rings. The molecule has 3 nitrogen and oxygen atoms in total. The van der Waals surface area contributed by atoms with Crippen LogP contribution in [0.4, 0.5) is 0 Å². The van der Waals surface area contributed by atoms with Gasteiger partial charge < -0.3 is 4.74 Å². The molecule has 2 rings (SSSR count). The van der Waals surface area contributed by atoms with Gasteiger partial charge in [-0.2, -0.15) is 4.98 Å². The Bertz CT molecular complexity index is 499. The summed E-state index contributed by atoms with van der Waals surface area (Å²) in [5.41, 5.74) is 0.779. The molecule has 0 N–H and O–H groups in total. The van der Waals surface area contributed by atoms with Crippen LogP contribution in [-0.4, -0.2) is 9.97 Å². The van der Waals surface area contributed by atoms with Gasteiger partial charge in [0.15, 0.2) is 0 Å². The lowest BCUT2D eigenvalue weighted by atomic mass is 10.3. The maximum atomic E-state index is 5.75. The number of hydrogen-bond donors (Lipinski definition) is 0. The molecule has 0 radical (unpaired) electrons. The first-order valence-corrected chi connectivity index (χ1v) is 6.04. The number of hydrogen-bond acceptors (Lipinski definition) is 3. The molecular formula is C11H8ClIN2O. The maximum absolute atomic E-state index is 5.75. The number of nitrogens with zero attached hydrogens (tertiary/aromatic N) is 2. The molecule has 0 spiro atoms. The van der Waals surface area contributed by atoms with Gasteiger partial charge in [-0.25, -0.2) is 4.98 Å². The number of benzene rings is 1. The molecule has 0 amide bonds. The van der Waals surface area contributed by atoms with E-state index in [1.807, 2.05) is 31.2 Å². The van der Waals surface area contributed by atoms with Gasteiger partial charge >= 0.3 is 0 Å². The third kappa shape index (κ3) is 2.82. The van der Waals surface area contributed by atoms with Crippen molar-refractivity contribution in [3.8, 4) is 11.6 Å². The Morgan fingerprint density at radius 1 is 1.25 bits per heavy atom. The van der Waals surface area contributed by atoms with Crippen molar-refractivity contribution in [1.29, 1.82) is 0 Å². The average Bonchev–Trinajstić information content (AvgIpc) is 2.20. The summed E-state index contributed by atoms with van der Waals surface area (Å²) < 4.78 is 6.65. The second kappa shape index (κ2) is 4.97. The second-order valence-corrected chi connectivity index (χ2v) is 4.65. The van der Waals surface area contributed by atoms with Gasteiger partial charge in [0.05, 0.1) is 3.57 Å². The van der Waals surface area contributed by atoms with Crippen molar-refractivity contribution in [2.24, 2.45) is 0 Å². The standard InChI is InChI=1S/C11H8ClIN2O/c1-7-6-10(15-11(12)14-7)16-9-5-3-2-4-8(9)13/h2-6H,1H3. The van der Waals surface area contributed by atoms with Crippen LogP contribution in [0.1, 0.15) is 5.69 Å². The number of aromatic nitrogens is 2. The largest absolute Gasteiger partial charge is 0.438 e. The fourth-order valence-electron chi connectivity index (χ4n) is 1.20. The van der Waals surface area contributed by atoms with E-state index in [1.165, 1.54) is 0 Å². The summed E-state index contributed by atoms with van der Waals surface area (Å²) in [6, 6.07) is 9.45. The van der Waals surface area contributed by atoms with Crippen molar-refractivity contribution < 1.29 is 4.74 Å². The van der Waals surface area contributed by atoms with Crippen LogP contribution in [0.2, 0.25) is 5.28 Å². The third-order valence-electron chi connectivity index (χ3n) is 1.85.